The van der Waals surface area contributed by atoms with Crippen molar-refractivity contribution < 1.29 is 8.42 Å². The molecule has 1 fully saturated rings. The van der Waals surface area contributed by atoms with Crippen molar-refractivity contribution >= 4 is 10.0 Å². The van der Waals surface area contributed by atoms with Crippen LogP contribution in [0.5, 0.6) is 0 Å². The fourth-order valence-corrected chi connectivity index (χ4v) is 5.64. The van der Waals surface area contributed by atoms with Crippen molar-refractivity contribution in [3.63, 3.8) is 0 Å². The average Bonchev–Trinajstić information content (AvgIpc) is 3.09. The molecule has 1 saturated heterocycles. The number of hydrogen-bond donors (Lipinski definition) is 0. The lowest BCUT2D eigenvalue weighted by Crippen LogP contribution is -2.40. The first-order valence-corrected chi connectivity index (χ1v) is 11.6. The SMILES string of the molecule is Cc1cnc(CC2CCCN(S(=O)(=O)c3ccccc3)C2)n1Cc1ccccc1. The highest BCUT2D eigenvalue weighted by Crippen LogP contribution is 2.26. The molecule has 0 radical (unpaired) electrons. The molecule has 0 spiro atoms. The van der Waals surface area contributed by atoms with Gasteiger partial charge in [0.05, 0.1) is 4.90 Å². The fraction of sp³-hybridized carbons (Fsp3) is 0.348. The zero-order valence-corrected chi connectivity index (χ0v) is 17.6. The third-order valence-electron chi connectivity index (χ3n) is 5.66. The Hall–Kier alpha value is -2.44. The molecular weight excluding hydrogens is 382 g/mol. The average molecular weight is 410 g/mol. The van der Waals surface area contributed by atoms with E-state index in [1.165, 1.54) is 5.56 Å². The van der Waals surface area contributed by atoms with E-state index in [-0.39, 0.29) is 5.92 Å². The van der Waals surface area contributed by atoms with E-state index in [1.807, 2.05) is 18.3 Å². The summed E-state index contributed by atoms with van der Waals surface area (Å²) in [6, 6.07) is 19.1. The van der Waals surface area contributed by atoms with Gasteiger partial charge >= 0.3 is 0 Å². The van der Waals surface area contributed by atoms with E-state index in [1.54, 1.807) is 28.6 Å². The monoisotopic (exact) mass is 409 g/mol. The van der Waals surface area contributed by atoms with Crippen molar-refractivity contribution in [3.8, 4) is 0 Å². The van der Waals surface area contributed by atoms with Crippen molar-refractivity contribution in [3.05, 3.63) is 83.9 Å². The van der Waals surface area contributed by atoms with Gasteiger partial charge in [-0.25, -0.2) is 13.4 Å². The molecule has 3 aromatic rings. The zero-order valence-electron chi connectivity index (χ0n) is 16.7. The van der Waals surface area contributed by atoms with Gasteiger partial charge in [0, 0.05) is 37.9 Å². The largest absolute Gasteiger partial charge is 0.328 e. The summed E-state index contributed by atoms with van der Waals surface area (Å²) < 4.78 is 29.9. The van der Waals surface area contributed by atoms with Crippen molar-refractivity contribution in [1.29, 1.82) is 0 Å². The van der Waals surface area contributed by atoms with Crippen LogP contribution in [0.3, 0.4) is 0 Å². The minimum atomic E-state index is -3.43. The number of hydrogen-bond acceptors (Lipinski definition) is 3. The highest BCUT2D eigenvalue weighted by molar-refractivity contribution is 7.89. The van der Waals surface area contributed by atoms with Crippen LogP contribution in [0.4, 0.5) is 0 Å². The highest BCUT2D eigenvalue weighted by Gasteiger charge is 2.30. The smallest absolute Gasteiger partial charge is 0.243 e. The van der Waals surface area contributed by atoms with Gasteiger partial charge in [-0.2, -0.15) is 4.31 Å². The number of aromatic nitrogens is 2. The Balaban J connectivity index is 1.49. The van der Waals surface area contributed by atoms with E-state index in [2.05, 4.69) is 40.7 Å². The van der Waals surface area contributed by atoms with Crippen LogP contribution in [0.25, 0.3) is 0 Å². The van der Waals surface area contributed by atoms with Crippen LogP contribution in [0.2, 0.25) is 0 Å². The van der Waals surface area contributed by atoms with E-state index in [9.17, 15) is 8.42 Å². The van der Waals surface area contributed by atoms with Gasteiger partial charge in [0.1, 0.15) is 5.82 Å². The molecule has 6 heteroatoms. The topological polar surface area (TPSA) is 55.2 Å². The van der Waals surface area contributed by atoms with Crippen molar-refractivity contribution in [2.75, 3.05) is 13.1 Å². The van der Waals surface area contributed by atoms with Crippen LogP contribution in [0.1, 0.15) is 29.9 Å². The quantitative estimate of drug-likeness (QED) is 0.621. The first-order valence-electron chi connectivity index (χ1n) is 10.1. The molecule has 0 aliphatic carbocycles. The summed E-state index contributed by atoms with van der Waals surface area (Å²) in [6.07, 6.45) is 4.62. The van der Waals surface area contributed by atoms with Gasteiger partial charge in [0.25, 0.3) is 0 Å². The van der Waals surface area contributed by atoms with E-state index < -0.39 is 10.0 Å². The van der Waals surface area contributed by atoms with Gasteiger partial charge in [0.15, 0.2) is 0 Å². The number of sulfonamides is 1. The maximum Gasteiger partial charge on any atom is 0.243 e. The van der Waals surface area contributed by atoms with E-state index >= 15 is 0 Å². The van der Waals surface area contributed by atoms with Crippen LogP contribution in [-0.2, 0) is 23.0 Å². The molecule has 152 valence electrons. The second kappa shape index (κ2) is 8.51. The number of piperidine rings is 1. The molecule has 1 aliphatic heterocycles. The number of rotatable bonds is 6. The second-order valence-corrected chi connectivity index (χ2v) is 9.71. The summed E-state index contributed by atoms with van der Waals surface area (Å²) in [4.78, 5) is 5.02. The molecule has 0 saturated carbocycles. The lowest BCUT2D eigenvalue weighted by molar-refractivity contribution is 0.261. The van der Waals surface area contributed by atoms with Gasteiger partial charge in [-0.05, 0) is 43.4 Å². The zero-order chi connectivity index (χ0) is 20.3. The third kappa shape index (κ3) is 4.43. The summed E-state index contributed by atoms with van der Waals surface area (Å²) in [7, 11) is -3.43. The van der Waals surface area contributed by atoms with Gasteiger partial charge in [-0.15, -0.1) is 0 Å². The Bertz CT molecular complexity index is 1050. The standard InChI is InChI=1S/C23H27N3O2S/c1-19-16-24-23(26(19)18-20-9-4-2-5-10-20)15-21-11-8-14-25(17-21)29(27,28)22-12-6-3-7-13-22/h2-7,9-10,12-13,16,21H,8,11,14-15,17-18H2,1H3. The van der Waals surface area contributed by atoms with Crippen molar-refractivity contribution in [2.45, 2.75) is 37.6 Å². The van der Waals surface area contributed by atoms with Gasteiger partial charge in [-0.1, -0.05) is 48.5 Å². The number of imidazole rings is 1. The maximum atomic E-state index is 13.0. The molecule has 4 rings (SSSR count). The van der Waals surface area contributed by atoms with Gasteiger partial charge in [-0.3, -0.25) is 0 Å². The maximum absolute atomic E-state index is 13.0. The van der Waals surface area contributed by atoms with Gasteiger partial charge in [0.2, 0.25) is 10.0 Å². The Morgan fingerprint density at radius 3 is 2.45 bits per heavy atom. The highest BCUT2D eigenvalue weighted by atomic mass is 32.2. The van der Waals surface area contributed by atoms with Crippen LogP contribution >= 0.6 is 0 Å². The van der Waals surface area contributed by atoms with Crippen LogP contribution < -0.4 is 0 Å². The molecule has 0 N–H and O–H groups in total. The minimum Gasteiger partial charge on any atom is -0.328 e. The van der Waals surface area contributed by atoms with Crippen LogP contribution in [-0.4, -0.2) is 35.4 Å². The fourth-order valence-electron chi connectivity index (χ4n) is 4.07. The summed E-state index contributed by atoms with van der Waals surface area (Å²) in [5.41, 5.74) is 2.38. The van der Waals surface area contributed by atoms with E-state index in [0.29, 0.717) is 18.0 Å². The first kappa shape index (κ1) is 19.9. The summed E-state index contributed by atoms with van der Waals surface area (Å²) in [5.74, 6) is 1.31. The van der Waals surface area contributed by atoms with Crippen LogP contribution in [0.15, 0.2) is 71.8 Å². The molecule has 1 aliphatic rings. The molecule has 0 bridgehead atoms. The second-order valence-electron chi connectivity index (χ2n) is 7.78. The molecule has 29 heavy (non-hydrogen) atoms. The van der Waals surface area contributed by atoms with Crippen molar-refractivity contribution in [1.82, 2.24) is 13.9 Å². The van der Waals surface area contributed by atoms with Gasteiger partial charge < -0.3 is 4.57 Å². The van der Waals surface area contributed by atoms with Crippen molar-refractivity contribution in [2.24, 2.45) is 5.92 Å². The predicted molar refractivity (Wildman–Crippen MR) is 114 cm³/mol. The third-order valence-corrected chi connectivity index (χ3v) is 7.53. The molecule has 5 nitrogen and oxygen atoms in total. The minimum absolute atomic E-state index is 0.276. The Morgan fingerprint density at radius 1 is 1.03 bits per heavy atom. The number of aryl methyl sites for hydroxylation is 1. The first-order chi connectivity index (χ1) is 14.0. The molecule has 1 aromatic heterocycles. The summed E-state index contributed by atoms with van der Waals surface area (Å²) >= 11 is 0. The number of nitrogens with zero attached hydrogens (tertiary/aromatic N) is 3. The normalized spacial score (nSPS) is 18.0. The number of benzene rings is 2. The molecule has 2 aromatic carbocycles. The molecule has 1 atom stereocenters. The van der Waals surface area contributed by atoms with Crippen LogP contribution in [0, 0.1) is 12.8 Å². The Kier molecular flexibility index (Phi) is 5.83. The summed E-state index contributed by atoms with van der Waals surface area (Å²) in [5, 5.41) is 0. The Morgan fingerprint density at radius 2 is 1.72 bits per heavy atom. The lowest BCUT2D eigenvalue weighted by atomic mass is 9.96. The van der Waals surface area contributed by atoms with E-state index in [0.717, 1.165) is 37.3 Å². The predicted octanol–water partition coefficient (Wildman–Crippen LogP) is 3.88. The molecule has 0 amide bonds. The Labute approximate surface area is 173 Å². The summed E-state index contributed by atoms with van der Waals surface area (Å²) in [6.45, 7) is 4.01. The molecule has 1 unspecified atom stereocenters. The van der Waals surface area contributed by atoms with E-state index in [4.69, 9.17) is 0 Å². The molecule has 2 heterocycles. The lowest BCUT2D eigenvalue weighted by Gasteiger charge is -2.32. The molecular formula is C23H27N3O2S.